The fourth-order valence-corrected chi connectivity index (χ4v) is 13.5. The van der Waals surface area contributed by atoms with Gasteiger partial charge < -0.3 is 94.0 Å². The number of aliphatic imine (C=N–C) groups is 2. The number of nitrogens with one attached hydrogen (secondary N) is 2. The van der Waals surface area contributed by atoms with E-state index in [1.165, 1.54) is 64.8 Å². The van der Waals surface area contributed by atoms with Gasteiger partial charge in [-0.15, -0.1) is 0 Å². The molecule has 2 amide bonds. The summed E-state index contributed by atoms with van der Waals surface area (Å²) >= 11 is 0. The van der Waals surface area contributed by atoms with Gasteiger partial charge in [-0.25, -0.2) is 43.5 Å². The van der Waals surface area contributed by atoms with Crippen LogP contribution in [-0.4, -0.2) is 243 Å². The zero-order chi connectivity index (χ0) is 98.4. The predicted molar refractivity (Wildman–Crippen MR) is 468 cm³/mol. The molecule has 0 spiro atoms. The second-order valence-corrected chi connectivity index (χ2v) is 35.7. The summed E-state index contributed by atoms with van der Waals surface area (Å²) in [5.41, 5.74) is 30.6. The van der Waals surface area contributed by atoms with Crippen LogP contribution in [0.3, 0.4) is 0 Å². The number of rotatable bonds is 31. The SMILES string of the molecule is CC(C)[C@H](NC(=O)OC(C)(C)C)C(C)OC[C@@]1(N=[N+]=[N-])O[C@@H](n2ccc(N=CN(C)C)nc2=O)[C@@H](C)[C@@H]1OC(=O)[C@@H](NC(=O)OC(C)(C)C)C(C)C.C[C@@H]1[C@H](n2ccc(N)nc2=O)O[C@@](CO)(N=[N+]=[N-])[C@H]1O.C[C@@H]1[C@H](n2ccc(N=CN(C)C)nc2=O)O[C@@](CO)(N=[N+]=[N-])[C@H]1O.Cc1ccn([C@@H]2O[C@@](COC(=O)[C@@H](C)C(C)C)(N=[N+]=[N-])[C@@H](OC(=O)[C@@H](C)C(C)C)[C@@H]2C)c(=O)n1. The molecule has 0 saturated carbocycles. The molecule has 8 N–H and O–H groups in total. The Hall–Kier alpha value is -11.9. The van der Waals surface area contributed by atoms with Gasteiger partial charge in [0.05, 0.1) is 68.7 Å². The Balaban J connectivity index is 0.000000328. The van der Waals surface area contributed by atoms with Gasteiger partial charge in [-0.05, 0) is 125 Å². The number of aromatic nitrogens is 8. The van der Waals surface area contributed by atoms with E-state index < -0.39 is 222 Å². The fraction of sp³-hybridized carbons (Fsp3) is 0.713. The molecule has 50 heteroatoms. The molecule has 130 heavy (non-hydrogen) atoms. The van der Waals surface area contributed by atoms with E-state index in [0.717, 1.165) is 9.13 Å². The molecule has 4 aromatic heterocycles. The number of hydrogen-bond donors (Lipinski definition) is 7. The molecule has 8 heterocycles. The van der Waals surface area contributed by atoms with Gasteiger partial charge in [-0.1, -0.05) is 117 Å². The maximum atomic E-state index is 13.8. The minimum absolute atomic E-state index is 0.00318. The second-order valence-electron chi connectivity index (χ2n) is 35.7. The van der Waals surface area contributed by atoms with Gasteiger partial charge >= 0.3 is 52.9 Å². The van der Waals surface area contributed by atoms with Crippen LogP contribution in [0.25, 0.3) is 41.8 Å². The molecule has 0 aliphatic carbocycles. The summed E-state index contributed by atoms with van der Waals surface area (Å²) in [4.78, 5) is 153. The molecular weight excluding hydrogens is 1710 g/mol. The smallest absolute Gasteiger partial charge is 0.408 e. The van der Waals surface area contributed by atoms with Gasteiger partial charge in [0.1, 0.15) is 66.8 Å². The fourth-order valence-electron chi connectivity index (χ4n) is 13.5. The van der Waals surface area contributed by atoms with Crippen molar-refractivity contribution in [3.63, 3.8) is 0 Å². The molecule has 0 aromatic carbocycles. The van der Waals surface area contributed by atoms with Crippen LogP contribution < -0.4 is 39.1 Å². The Morgan fingerprint density at radius 1 is 0.515 bits per heavy atom. The van der Waals surface area contributed by atoms with E-state index in [1.807, 2.05) is 41.5 Å². The summed E-state index contributed by atoms with van der Waals surface area (Å²) in [5.74, 6) is -5.54. The van der Waals surface area contributed by atoms with E-state index in [0.29, 0.717) is 5.69 Å². The highest BCUT2D eigenvalue weighted by Crippen LogP contribution is 2.48. The maximum Gasteiger partial charge on any atom is 0.408 e. The first-order chi connectivity index (χ1) is 60.5. The third-order valence-electron chi connectivity index (χ3n) is 21.3. The van der Waals surface area contributed by atoms with Crippen LogP contribution in [-0.2, 0) is 61.8 Å². The van der Waals surface area contributed by atoms with Gasteiger partial charge in [0.15, 0.2) is 23.1 Å². The summed E-state index contributed by atoms with van der Waals surface area (Å²) in [6, 6.07) is 4.30. The van der Waals surface area contributed by atoms with Crippen molar-refractivity contribution >= 4 is 60.2 Å². The number of aryl methyl sites for hydroxylation is 1. The molecule has 21 atom stereocenters. The predicted octanol–water partition coefficient (Wildman–Crippen LogP) is 8.15. The number of nitrogens with zero attached hydrogens (tertiary/aromatic N) is 24. The number of carbonyl (C=O) groups is 5. The van der Waals surface area contributed by atoms with E-state index in [4.69, 9.17) is 64.2 Å². The Morgan fingerprint density at radius 3 is 1.23 bits per heavy atom. The quantitative estimate of drug-likeness (QED) is 0.00475. The number of alkyl carbamates (subject to hydrolysis) is 2. The van der Waals surface area contributed by atoms with Crippen LogP contribution in [0.1, 0.15) is 176 Å². The number of ether oxygens (including phenoxy) is 10. The lowest BCUT2D eigenvalue weighted by molar-refractivity contribution is -0.182. The highest BCUT2D eigenvalue weighted by molar-refractivity contribution is 5.82. The monoisotopic (exact) mass is 1830 g/mol. The van der Waals surface area contributed by atoms with Crippen LogP contribution in [0.2, 0.25) is 0 Å². The van der Waals surface area contributed by atoms with E-state index in [2.05, 4.69) is 80.7 Å². The number of aliphatic hydroxyl groups is 4. The number of amides is 2. The number of carbonyl (C=O) groups excluding carboxylic acids is 5. The molecule has 718 valence electrons. The molecule has 0 bridgehead atoms. The van der Waals surface area contributed by atoms with Crippen LogP contribution in [0.4, 0.5) is 27.0 Å². The summed E-state index contributed by atoms with van der Waals surface area (Å²) < 4.78 is 62.5. The van der Waals surface area contributed by atoms with Crippen LogP contribution >= 0.6 is 0 Å². The third kappa shape index (κ3) is 28.1. The van der Waals surface area contributed by atoms with Gasteiger partial charge in [0.25, 0.3) is 0 Å². The Morgan fingerprint density at radius 2 is 0.869 bits per heavy atom. The Bertz CT molecular complexity index is 5070. The highest BCUT2D eigenvalue weighted by atomic mass is 16.6. The largest absolute Gasteiger partial charge is 0.462 e. The van der Waals surface area contributed by atoms with Gasteiger partial charge in [0, 0.05) is 102 Å². The lowest BCUT2D eigenvalue weighted by Crippen LogP contribution is -2.53. The van der Waals surface area contributed by atoms with Crippen molar-refractivity contribution in [2.45, 2.75) is 254 Å². The Kier molecular flexibility index (Phi) is 38.9. The van der Waals surface area contributed by atoms with Crippen molar-refractivity contribution in [1.29, 1.82) is 0 Å². The van der Waals surface area contributed by atoms with Crippen molar-refractivity contribution in [1.82, 2.24) is 58.6 Å². The average Bonchev–Trinajstić information content (AvgIpc) is 1.61. The number of aliphatic hydroxyl groups excluding tert-OH is 4. The van der Waals surface area contributed by atoms with Crippen molar-refractivity contribution in [2.24, 2.45) is 89.6 Å². The minimum atomic E-state index is -2.02. The molecule has 4 aliphatic rings. The number of nitrogen functional groups attached to an aromatic ring is 1. The van der Waals surface area contributed by atoms with Gasteiger partial charge in [-0.2, -0.15) is 19.9 Å². The summed E-state index contributed by atoms with van der Waals surface area (Å²) in [7, 11) is 7.10. The number of esters is 3. The summed E-state index contributed by atoms with van der Waals surface area (Å²) in [5, 5.41) is 59.0. The highest BCUT2D eigenvalue weighted by Gasteiger charge is 2.61. The average molecular weight is 1830 g/mol. The third-order valence-corrected chi connectivity index (χ3v) is 21.3. The number of nitrogens with two attached hydrogens (primary N) is 1. The lowest BCUT2D eigenvalue weighted by atomic mass is 9.95. The van der Waals surface area contributed by atoms with E-state index in [9.17, 15) is 74.6 Å². The van der Waals surface area contributed by atoms with E-state index >= 15 is 0 Å². The lowest BCUT2D eigenvalue weighted by Gasteiger charge is -2.35. The number of hydrogen-bond acceptors (Lipinski definition) is 34. The standard InChI is InChI=1S/C34H57N9O9.C23H35N5O6.C13H19N7O4.C10H14N6O4/c1-19(2)24(38-30(46)51-32(7,8)9)22(6)48-17-34(40-41-35)26(49-28(44)25(20(3)4)39-31(47)52-33(10,11)12)21(5)27(50-34)43-16-15-23(37-29(43)45)36-18-42(13)14;1-12(2)15(6)20(29)32-11-23(26-27-24)18(33-21(30)16(7)13(3)4)17(8)19(34-23)28-10-9-14(5)25-22(28)31;1-8-10(22)13(6-21,17-18-14)24-11(8)20-5-4-9(16-12(20)23)15-7-19(2)3;1-5-7(18)10(4-17,14-15-12)20-8(5)16-3-2-6(11)13-9(16)19/h15-16,18-22,24-27H,17H2,1-14H3,(H,38,46)(H,39,47);9-10,12-13,15-19H,11H2,1-8H3;4-5,7-8,10-11,21-22H,6H2,1-3H3;2-3,5,7-8,17-18H,4H2,1H3,(H2,11,13,19)/t21-,22?,24-,25-,26-,27+,34+;15-,16-,17-,18-,19+,23+;8-,10-,11+,13+;5-,7-,8+,10+/m0000/s1. The first kappa shape index (κ1) is 109. The molecule has 4 aromatic rings. The molecule has 4 saturated heterocycles. The van der Waals surface area contributed by atoms with E-state index in [1.54, 1.807) is 155 Å². The maximum absolute atomic E-state index is 13.8. The molecule has 50 nitrogen and oxygen atoms in total. The van der Waals surface area contributed by atoms with Crippen LogP contribution in [0.5, 0.6) is 0 Å². The molecular formula is C80H125N27O23. The van der Waals surface area contributed by atoms with Crippen LogP contribution in [0.15, 0.2) is 98.7 Å². The van der Waals surface area contributed by atoms with Gasteiger partial charge in [0.2, 0.25) is 11.4 Å². The van der Waals surface area contributed by atoms with Crippen molar-refractivity contribution < 1.29 is 91.8 Å². The number of azide groups is 4. The normalized spacial score (nSPS) is 26.3. The molecule has 8 rings (SSSR count). The minimum Gasteiger partial charge on any atom is -0.462 e. The summed E-state index contributed by atoms with van der Waals surface area (Å²) in [6.45, 7) is 36.1. The first-order valence-electron chi connectivity index (χ1n) is 41.8. The van der Waals surface area contributed by atoms with Crippen LogP contribution in [0, 0.1) is 66.1 Å². The molecule has 0 radical (unpaired) electrons. The topological polar surface area (TPSA) is 674 Å². The molecule has 4 aliphatic heterocycles. The van der Waals surface area contributed by atoms with Crippen molar-refractivity contribution in [3.05, 3.63) is 138 Å². The summed E-state index contributed by atoms with van der Waals surface area (Å²) in [6.07, 6.45) is -2.47. The zero-order valence-electron chi connectivity index (χ0n) is 78.1. The number of anilines is 1. The van der Waals surface area contributed by atoms with Crippen molar-refractivity contribution in [3.8, 4) is 0 Å². The van der Waals surface area contributed by atoms with Gasteiger partial charge in [-0.3, -0.25) is 27.9 Å². The molecule has 1 unspecified atom stereocenters. The van der Waals surface area contributed by atoms with E-state index in [-0.39, 0.29) is 35.2 Å². The zero-order valence-corrected chi connectivity index (χ0v) is 78.1. The Labute approximate surface area is 750 Å². The first-order valence-corrected chi connectivity index (χ1v) is 41.8. The van der Waals surface area contributed by atoms with Crippen molar-refractivity contribution in [2.75, 3.05) is 60.4 Å². The molecule has 4 fully saturated rings. The second kappa shape index (κ2) is 46.6.